The molecule has 3 N–H and O–H groups in total. The van der Waals surface area contributed by atoms with E-state index in [1.165, 1.54) is 17.5 Å². The van der Waals surface area contributed by atoms with Crippen LogP contribution in [0.4, 0.5) is 0 Å². The Kier molecular flexibility index (Phi) is 9.87. The van der Waals surface area contributed by atoms with Gasteiger partial charge in [-0.05, 0) is 48.8 Å². The molecule has 0 saturated carbocycles. The van der Waals surface area contributed by atoms with E-state index >= 15 is 0 Å². The van der Waals surface area contributed by atoms with Crippen LogP contribution in [0, 0.1) is 17.8 Å². The number of nitrogens with one attached hydrogen (secondary N) is 1. The number of benzene rings is 1. The van der Waals surface area contributed by atoms with Crippen molar-refractivity contribution in [2.75, 3.05) is 33.2 Å². The van der Waals surface area contributed by atoms with Crippen LogP contribution in [0.25, 0.3) is 0 Å². The summed E-state index contributed by atoms with van der Waals surface area (Å²) in [5, 5.41) is 3.55. The van der Waals surface area contributed by atoms with E-state index in [2.05, 4.69) is 58.2 Å². The maximum Gasteiger partial charge on any atom is 0.221 e. The van der Waals surface area contributed by atoms with E-state index in [0.29, 0.717) is 11.8 Å². The van der Waals surface area contributed by atoms with Gasteiger partial charge in [-0.25, -0.2) is 0 Å². The fourth-order valence-corrected chi connectivity index (χ4v) is 4.88. The molecule has 2 heterocycles. The molecule has 3 rings (SSSR count). The molecule has 0 spiro atoms. The average Bonchev–Trinajstić information content (AvgIpc) is 2.68. The standard InChI is InChI=1S/C23H37N5O.HI/c1-17-10-18(2)14-28(13-17)23(25-3)26-12-19-6-4-7-20(11-19)15-27-9-5-8-21(16-27)22(24)29;/h4,6-7,11,17-18,21H,5,8-10,12-16H2,1-3H3,(H2,24,29)(H,25,26);1H. The highest BCUT2D eigenvalue weighted by Crippen LogP contribution is 2.21. The van der Waals surface area contributed by atoms with E-state index in [1.54, 1.807) is 0 Å². The number of hydrogen-bond donors (Lipinski definition) is 2. The largest absolute Gasteiger partial charge is 0.369 e. The molecule has 0 radical (unpaired) electrons. The smallest absolute Gasteiger partial charge is 0.221 e. The third-order valence-corrected chi connectivity index (χ3v) is 6.14. The highest BCUT2D eigenvalue weighted by molar-refractivity contribution is 14.0. The van der Waals surface area contributed by atoms with Crippen molar-refractivity contribution in [1.82, 2.24) is 15.1 Å². The SMILES string of the molecule is CN=C(NCc1cccc(CN2CCCC(C(N)=O)C2)c1)N1CC(C)CC(C)C1.I. The third-order valence-electron chi connectivity index (χ3n) is 6.14. The Morgan fingerprint density at radius 1 is 1.20 bits per heavy atom. The fourth-order valence-electron chi connectivity index (χ4n) is 4.88. The van der Waals surface area contributed by atoms with E-state index in [-0.39, 0.29) is 35.8 Å². The summed E-state index contributed by atoms with van der Waals surface area (Å²) in [6, 6.07) is 8.71. The number of hydrogen-bond acceptors (Lipinski definition) is 3. The highest BCUT2D eigenvalue weighted by Gasteiger charge is 2.25. The van der Waals surface area contributed by atoms with Gasteiger partial charge in [0.1, 0.15) is 0 Å². The van der Waals surface area contributed by atoms with E-state index in [4.69, 9.17) is 5.73 Å². The second-order valence-corrected chi connectivity index (χ2v) is 9.05. The van der Waals surface area contributed by atoms with Gasteiger partial charge in [-0.15, -0.1) is 24.0 Å². The van der Waals surface area contributed by atoms with Gasteiger partial charge >= 0.3 is 0 Å². The fraction of sp³-hybridized carbons (Fsp3) is 0.652. The zero-order valence-corrected chi connectivity index (χ0v) is 21.0. The first kappa shape index (κ1) is 24.9. The van der Waals surface area contributed by atoms with Gasteiger partial charge in [-0.2, -0.15) is 0 Å². The van der Waals surface area contributed by atoms with Gasteiger partial charge in [0.05, 0.1) is 5.92 Å². The van der Waals surface area contributed by atoms with Crippen molar-refractivity contribution in [2.24, 2.45) is 28.5 Å². The van der Waals surface area contributed by atoms with Crippen molar-refractivity contribution < 1.29 is 4.79 Å². The van der Waals surface area contributed by atoms with E-state index in [1.807, 2.05) is 7.05 Å². The second-order valence-electron chi connectivity index (χ2n) is 9.05. The van der Waals surface area contributed by atoms with Crippen LogP contribution < -0.4 is 11.1 Å². The van der Waals surface area contributed by atoms with E-state index < -0.39 is 0 Å². The molecule has 6 nitrogen and oxygen atoms in total. The summed E-state index contributed by atoms with van der Waals surface area (Å²) < 4.78 is 0. The molecule has 2 aliphatic rings. The van der Waals surface area contributed by atoms with Gasteiger partial charge in [0.2, 0.25) is 5.91 Å². The Bertz CT molecular complexity index is 715. The number of piperidine rings is 2. The molecule has 168 valence electrons. The summed E-state index contributed by atoms with van der Waals surface area (Å²) in [5.41, 5.74) is 8.05. The molecule has 0 aromatic heterocycles. The van der Waals surface area contributed by atoms with Gasteiger partial charge in [-0.3, -0.25) is 14.7 Å². The summed E-state index contributed by atoms with van der Waals surface area (Å²) in [6.07, 6.45) is 3.25. The summed E-state index contributed by atoms with van der Waals surface area (Å²) in [7, 11) is 1.87. The zero-order valence-electron chi connectivity index (χ0n) is 18.6. The Balaban J connectivity index is 0.00000320. The van der Waals surface area contributed by atoms with Crippen molar-refractivity contribution in [2.45, 2.75) is 46.2 Å². The molecule has 3 unspecified atom stereocenters. The number of likely N-dealkylation sites (tertiary alicyclic amines) is 2. The maximum atomic E-state index is 11.5. The minimum Gasteiger partial charge on any atom is -0.369 e. The number of aliphatic imine (C=N–C) groups is 1. The highest BCUT2D eigenvalue weighted by atomic mass is 127. The van der Waals surface area contributed by atoms with Crippen LogP contribution in [0.1, 0.15) is 44.2 Å². The molecule has 2 fully saturated rings. The molecule has 0 aliphatic carbocycles. The molecular weight excluding hydrogens is 489 g/mol. The lowest BCUT2D eigenvalue weighted by atomic mass is 9.92. The van der Waals surface area contributed by atoms with Gasteiger partial charge in [0, 0.05) is 39.8 Å². The average molecular weight is 527 g/mol. The second kappa shape index (κ2) is 11.9. The van der Waals surface area contributed by atoms with Crippen molar-refractivity contribution in [3.8, 4) is 0 Å². The van der Waals surface area contributed by atoms with Crippen molar-refractivity contribution in [3.63, 3.8) is 0 Å². The quantitative estimate of drug-likeness (QED) is 0.351. The van der Waals surface area contributed by atoms with Crippen molar-refractivity contribution >= 4 is 35.8 Å². The zero-order chi connectivity index (χ0) is 20.8. The molecule has 7 heteroatoms. The van der Waals surface area contributed by atoms with Crippen LogP contribution in [0.3, 0.4) is 0 Å². The Morgan fingerprint density at radius 2 is 1.90 bits per heavy atom. The minimum absolute atomic E-state index is 0. The molecule has 1 aromatic carbocycles. The molecule has 30 heavy (non-hydrogen) atoms. The van der Waals surface area contributed by atoms with Crippen LogP contribution in [-0.2, 0) is 17.9 Å². The normalized spacial score (nSPS) is 25.5. The number of amides is 1. The topological polar surface area (TPSA) is 74.0 Å². The van der Waals surface area contributed by atoms with Crippen LogP contribution in [0.2, 0.25) is 0 Å². The molecule has 3 atom stereocenters. The number of nitrogens with two attached hydrogens (primary N) is 1. The van der Waals surface area contributed by atoms with E-state index in [0.717, 1.165) is 58.1 Å². The number of carbonyl (C=O) groups excluding carboxylic acids is 1. The number of halogens is 1. The van der Waals surface area contributed by atoms with Crippen LogP contribution in [-0.4, -0.2) is 54.9 Å². The minimum atomic E-state index is -0.166. The Labute approximate surface area is 198 Å². The molecule has 1 amide bonds. The Morgan fingerprint density at radius 3 is 2.57 bits per heavy atom. The molecule has 2 aliphatic heterocycles. The van der Waals surface area contributed by atoms with Crippen molar-refractivity contribution in [3.05, 3.63) is 35.4 Å². The molecule has 1 aromatic rings. The molecular formula is C23H38IN5O. The van der Waals surface area contributed by atoms with Crippen LogP contribution >= 0.6 is 24.0 Å². The third kappa shape index (κ3) is 7.11. The number of rotatable bonds is 5. The van der Waals surface area contributed by atoms with Gasteiger partial charge in [-0.1, -0.05) is 38.1 Å². The van der Waals surface area contributed by atoms with Gasteiger partial charge in [0.15, 0.2) is 5.96 Å². The van der Waals surface area contributed by atoms with Crippen LogP contribution in [0.15, 0.2) is 29.3 Å². The molecule has 0 bridgehead atoms. The predicted octanol–water partition coefficient (Wildman–Crippen LogP) is 3.06. The van der Waals surface area contributed by atoms with Gasteiger partial charge < -0.3 is 16.0 Å². The lowest BCUT2D eigenvalue weighted by Gasteiger charge is -2.37. The number of carbonyl (C=O) groups is 1. The lowest BCUT2D eigenvalue weighted by molar-refractivity contribution is -0.123. The monoisotopic (exact) mass is 527 g/mol. The number of primary amides is 1. The van der Waals surface area contributed by atoms with E-state index in [9.17, 15) is 4.79 Å². The summed E-state index contributed by atoms with van der Waals surface area (Å²) in [5.74, 6) is 2.23. The first-order chi connectivity index (χ1) is 13.9. The first-order valence-corrected chi connectivity index (χ1v) is 11.0. The summed E-state index contributed by atoms with van der Waals surface area (Å²) in [4.78, 5) is 20.8. The van der Waals surface area contributed by atoms with Crippen LogP contribution in [0.5, 0.6) is 0 Å². The predicted molar refractivity (Wildman–Crippen MR) is 134 cm³/mol. The number of guanidine groups is 1. The first-order valence-electron chi connectivity index (χ1n) is 11.0. The molecule has 2 saturated heterocycles. The summed E-state index contributed by atoms with van der Waals surface area (Å²) >= 11 is 0. The van der Waals surface area contributed by atoms with Crippen molar-refractivity contribution in [1.29, 1.82) is 0 Å². The Hall–Kier alpha value is -1.35. The number of nitrogens with zero attached hydrogens (tertiary/aromatic N) is 3. The lowest BCUT2D eigenvalue weighted by Crippen LogP contribution is -2.48. The summed E-state index contributed by atoms with van der Waals surface area (Å²) in [6.45, 7) is 10.2. The van der Waals surface area contributed by atoms with Gasteiger partial charge in [0.25, 0.3) is 0 Å². The maximum absolute atomic E-state index is 11.5.